The molecule has 0 aliphatic rings. The van der Waals surface area contributed by atoms with Crippen molar-refractivity contribution in [2.45, 2.75) is 19.3 Å². The van der Waals surface area contributed by atoms with E-state index in [4.69, 9.17) is 23.2 Å². The van der Waals surface area contributed by atoms with E-state index in [0.29, 0.717) is 16.6 Å². The highest BCUT2D eigenvalue weighted by atomic mass is 35.5. The van der Waals surface area contributed by atoms with Gasteiger partial charge in [0, 0.05) is 16.6 Å². The van der Waals surface area contributed by atoms with Crippen molar-refractivity contribution in [2.75, 3.05) is 6.54 Å². The molecule has 0 unspecified atom stereocenters. The Labute approximate surface area is 112 Å². The van der Waals surface area contributed by atoms with E-state index in [0.717, 1.165) is 5.56 Å². The highest BCUT2D eigenvalue weighted by Gasteiger charge is 2.31. The summed E-state index contributed by atoms with van der Waals surface area (Å²) in [5.41, 5.74) is 0.0511. The third kappa shape index (κ3) is 3.24. The molecule has 1 amide bonds. The normalized spacial score (nSPS) is 11.1. The van der Waals surface area contributed by atoms with Crippen LogP contribution in [0.1, 0.15) is 19.4 Å². The van der Waals surface area contributed by atoms with Crippen molar-refractivity contribution in [3.8, 4) is 0 Å². The highest BCUT2D eigenvalue weighted by molar-refractivity contribution is 6.35. The molecule has 17 heavy (non-hydrogen) atoms. The molecule has 92 valence electrons. The van der Waals surface area contributed by atoms with Gasteiger partial charge >= 0.3 is 0 Å². The fourth-order valence-electron chi connectivity index (χ4n) is 1.50. The van der Waals surface area contributed by atoms with Crippen molar-refractivity contribution < 1.29 is 4.79 Å². The number of carbonyl (C=O) groups is 1. The van der Waals surface area contributed by atoms with Crippen LogP contribution in [0.5, 0.6) is 0 Å². The minimum Gasteiger partial charge on any atom is -0.352 e. The van der Waals surface area contributed by atoms with E-state index in [-0.39, 0.29) is 5.91 Å². The molecule has 0 bridgehead atoms. The zero-order chi connectivity index (χ0) is 13.1. The molecule has 0 aliphatic heterocycles. The predicted octanol–water partition coefficient (Wildman–Crippen LogP) is 3.57. The molecule has 0 radical (unpaired) electrons. The van der Waals surface area contributed by atoms with Gasteiger partial charge in [-0.25, -0.2) is 0 Å². The molecule has 0 saturated carbocycles. The standard InChI is InChI=1S/C13H15Cl2NO/c1-4-7-16-12(17)13(2,3)10-6-5-9(14)8-11(10)15/h4-6,8H,1,7H2,2-3H3,(H,16,17). The quantitative estimate of drug-likeness (QED) is 0.834. The molecule has 0 heterocycles. The highest BCUT2D eigenvalue weighted by Crippen LogP contribution is 2.31. The van der Waals surface area contributed by atoms with Crippen molar-refractivity contribution in [3.05, 3.63) is 46.5 Å². The molecule has 0 aliphatic carbocycles. The lowest BCUT2D eigenvalue weighted by Crippen LogP contribution is -2.40. The Hall–Kier alpha value is -0.990. The van der Waals surface area contributed by atoms with Gasteiger partial charge in [0.1, 0.15) is 0 Å². The number of halogens is 2. The first-order chi connectivity index (χ1) is 7.89. The van der Waals surface area contributed by atoms with Crippen molar-refractivity contribution in [3.63, 3.8) is 0 Å². The van der Waals surface area contributed by atoms with E-state index >= 15 is 0 Å². The molecule has 0 aromatic heterocycles. The first-order valence-electron chi connectivity index (χ1n) is 5.24. The molecule has 4 heteroatoms. The average Bonchev–Trinajstić information content (AvgIpc) is 2.25. The van der Waals surface area contributed by atoms with Gasteiger partial charge in [-0.3, -0.25) is 4.79 Å². The number of hydrogen-bond acceptors (Lipinski definition) is 1. The molecule has 1 aromatic rings. The van der Waals surface area contributed by atoms with Crippen LogP contribution in [0.25, 0.3) is 0 Å². The zero-order valence-corrected chi connectivity index (χ0v) is 11.4. The van der Waals surface area contributed by atoms with Gasteiger partial charge in [-0.05, 0) is 31.5 Å². The summed E-state index contributed by atoms with van der Waals surface area (Å²) in [6, 6.07) is 5.14. The number of benzene rings is 1. The Kier molecular flexibility index (Phi) is 4.61. The lowest BCUT2D eigenvalue weighted by Gasteiger charge is -2.25. The first kappa shape index (κ1) is 14.1. The van der Waals surface area contributed by atoms with Gasteiger partial charge in [-0.1, -0.05) is 35.3 Å². The number of rotatable bonds is 4. The lowest BCUT2D eigenvalue weighted by atomic mass is 9.83. The molecule has 0 fully saturated rings. The van der Waals surface area contributed by atoms with Gasteiger partial charge in [0.2, 0.25) is 5.91 Å². The van der Waals surface area contributed by atoms with E-state index in [1.807, 2.05) is 13.8 Å². The topological polar surface area (TPSA) is 29.1 Å². The van der Waals surface area contributed by atoms with Crippen LogP contribution in [0.15, 0.2) is 30.9 Å². The van der Waals surface area contributed by atoms with E-state index < -0.39 is 5.41 Å². The smallest absolute Gasteiger partial charge is 0.230 e. The first-order valence-corrected chi connectivity index (χ1v) is 6.00. The summed E-state index contributed by atoms with van der Waals surface area (Å²) in [6.45, 7) is 7.64. The maximum Gasteiger partial charge on any atom is 0.230 e. The van der Waals surface area contributed by atoms with Crippen LogP contribution in [0.2, 0.25) is 10.0 Å². The molecule has 0 saturated heterocycles. The summed E-state index contributed by atoms with van der Waals surface area (Å²) >= 11 is 11.9. The largest absolute Gasteiger partial charge is 0.352 e. The van der Waals surface area contributed by atoms with Gasteiger partial charge in [0.05, 0.1) is 5.41 Å². The van der Waals surface area contributed by atoms with Crippen LogP contribution in [-0.4, -0.2) is 12.5 Å². The molecular weight excluding hydrogens is 257 g/mol. The molecule has 0 spiro atoms. The van der Waals surface area contributed by atoms with Crippen molar-refractivity contribution in [2.24, 2.45) is 0 Å². The predicted molar refractivity (Wildman–Crippen MR) is 72.7 cm³/mol. The van der Waals surface area contributed by atoms with Gasteiger partial charge in [0.15, 0.2) is 0 Å². The number of amides is 1. The zero-order valence-electron chi connectivity index (χ0n) is 9.89. The fraction of sp³-hybridized carbons (Fsp3) is 0.308. The van der Waals surface area contributed by atoms with Crippen LogP contribution in [0.4, 0.5) is 0 Å². The third-order valence-corrected chi connectivity index (χ3v) is 3.13. The number of hydrogen-bond donors (Lipinski definition) is 1. The molecule has 1 aromatic carbocycles. The minimum absolute atomic E-state index is 0.0957. The van der Waals surface area contributed by atoms with Crippen LogP contribution in [0.3, 0.4) is 0 Å². The molecule has 1 rings (SSSR count). The van der Waals surface area contributed by atoms with Crippen molar-refractivity contribution >= 4 is 29.1 Å². The van der Waals surface area contributed by atoms with E-state index in [1.54, 1.807) is 24.3 Å². The van der Waals surface area contributed by atoms with Crippen molar-refractivity contribution in [1.29, 1.82) is 0 Å². The monoisotopic (exact) mass is 271 g/mol. The SMILES string of the molecule is C=CCNC(=O)C(C)(C)c1ccc(Cl)cc1Cl. The van der Waals surface area contributed by atoms with Gasteiger partial charge in [-0.15, -0.1) is 6.58 Å². The Morgan fingerprint density at radius 3 is 2.65 bits per heavy atom. The summed E-state index contributed by atoms with van der Waals surface area (Å²) < 4.78 is 0. The Morgan fingerprint density at radius 1 is 1.47 bits per heavy atom. The number of nitrogens with one attached hydrogen (secondary N) is 1. The second kappa shape index (κ2) is 5.56. The Morgan fingerprint density at radius 2 is 2.12 bits per heavy atom. The van der Waals surface area contributed by atoms with E-state index in [9.17, 15) is 4.79 Å². The van der Waals surface area contributed by atoms with Gasteiger partial charge < -0.3 is 5.32 Å². The number of carbonyl (C=O) groups excluding carboxylic acids is 1. The van der Waals surface area contributed by atoms with Crippen molar-refractivity contribution in [1.82, 2.24) is 5.32 Å². The maximum atomic E-state index is 12.0. The molecule has 0 atom stereocenters. The molecular formula is C13H15Cl2NO. The molecule has 2 nitrogen and oxygen atoms in total. The van der Waals surface area contributed by atoms with Gasteiger partial charge in [0.25, 0.3) is 0 Å². The van der Waals surface area contributed by atoms with Crippen LogP contribution < -0.4 is 5.32 Å². The average molecular weight is 272 g/mol. The third-order valence-electron chi connectivity index (χ3n) is 2.58. The maximum absolute atomic E-state index is 12.0. The lowest BCUT2D eigenvalue weighted by molar-refractivity contribution is -0.125. The summed E-state index contributed by atoms with van der Waals surface area (Å²) in [4.78, 5) is 12.0. The molecule has 1 N–H and O–H groups in total. The summed E-state index contributed by atoms with van der Waals surface area (Å²) in [6.07, 6.45) is 1.64. The van der Waals surface area contributed by atoms with Crippen LogP contribution >= 0.6 is 23.2 Å². The second-order valence-electron chi connectivity index (χ2n) is 4.25. The van der Waals surface area contributed by atoms with E-state index in [1.165, 1.54) is 0 Å². The summed E-state index contributed by atoms with van der Waals surface area (Å²) in [7, 11) is 0. The summed E-state index contributed by atoms with van der Waals surface area (Å²) in [5, 5.41) is 3.82. The second-order valence-corrected chi connectivity index (χ2v) is 5.09. The van der Waals surface area contributed by atoms with Crippen LogP contribution in [0, 0.1) is 0 Å². The Balaban J connectivity index is 3.03. The Bertz CT molecular complexity index is 441. The van der Waals surface area contributed by atoms with Gasteiger partial charge in [-0.2, -0.15) is 0 Å². The summed E-state index contributed by atoms with van der Waals surface area (Å²) in [5.74, 6) is -0.0957. The van der Waals surface area contributed by atoms with E-state index in [2.05, 4.69) is 11.9 Å². The fourth-order valence-corrected chi connectivity index (χ4v) is 2.15. The van der Waals surface area contributed by atoms with Crippen LogP contribution in [-0.2, 0) is 10.2 Å². The minimum atomic E-state index is -0.704.